The second kappa shape index (κ2) is 6.19. The largest absolute Gasteiger partial charge is 0.422 e. The molecule has 0 spiro atoms. The molecule has 3 aromatic rings. The van der Waals surface area contributed by atoms with Crippen molar-refractivity contribution >= 4 is 17.0 Å². The molecule has 4 rings (SSSR count). The molecule has 24 heavy (non-hydrogen) atoms. The molecule has 4 heterocycles. The Kier molecular flexibility index (Phi) is 3.88. The third-order valence-corrected chi connectivity index (χ3v) is 4.52. The van der Waals surface area contributed by atoms with E-state index in [1.807, 2.05) is 32.3 Å². The van der Waals surface area contributed by atoms with E-state index in [9.17, 15) is 0 Å². The highest BCUT2D eigenvalue weighted by Crippen LogP contribution is 2.29. The fourth-order valence-electron chi connectivity index (χ4n) is 3.51. The molecule has 0 aliphatic carbocycles. The van der Waals surface area contributed by atoms with Gasteiger partial charge in [-0.2, -0.15) is 4.98 Å². The van der Waals surface area contributed by atoms with Crippen molar-refractivity contribution in [3.63, 3.8) is 0 Å². The molecule has 1 saturated heterocycles. The average Bonchev–Trinajstić information content (AvgIpc) is 2.95. The smallest absolute Gasteiger partial charge is 0.252 e. The Morgan fingerprint density at radius 2 is 2.17 bits per heavy atom. The second-order valence-electron chi connectivity index (χ2n) is 6.50. The van der Waals surface area contributed by atoms with Crippen LogP contribution in [0.4, 0.5) is 5.82 Å². The van der Waals surface area contributed by atoms with E-state index in [2.05, 4.69) is 30.9 Å². The molecule has 1 unspecified atom stereocenters. The molecule has 6 nitrogen and oxygen atoms in total. The average molecular weight is 323 g/mol. The van der Waals surface area contributed by atoms with Crippen molar-refractivity contribution in [3.05, 3.63) is 41.8 Å². The van der Waals surface area contributed by atoms with Crippen LogP contribution in [0.2, 0.25) is 0 Å². The van der Waals surface area contributed by atoms with E-state index < -0.39 is 0 Å². The SMILES string of the molecule is Cc1nc(N2CCCC(Cc3cccnc3)C2)c2nc(C)oc2n1. The van der Waals surface area contributed by atoms with Crippen LogP contribution in [0.25, 0.3) is 11.2 Å². The van der Waals surface area contributed by atoms with E-state index in [-0.39, 0.29) is 0 Å². The van der Waals surface area contributed by atoms with Gasteiger partial charge in [-0.05, 0) is 43.7 Å². The van der Waals surface area contributed by atoms with Gasteiger partial charge in [-0.25, -0.2) is 9.97 Å². The number of aryl methyl sites for hydroxylation is 2. The van der Waals surface area contributed by atoms with Gasteiger partial charge < -0.3 is 9.32 Å². The van der Waals surface area contributed by atoms with Crippen molar-refractivity contribution in [2.45, 2.75) is 33.1 Å². The fraction of sp³-hybridized carbons (Fsp3) is 0.444. The maximum atomic E-state index is 5.61. The van der Waals surface area contributed by atoms with Gasteiger partial charge in [0.05, 0.1) is 0 Å². The van der Waals surface area contributed by atoms with Gasteiger partial charge in [0.2, 0.25) is 0 Å². The van der Waals surface area contributed by atoms with Crippen LogP contribution in [0.5, 0.6) is 0 Å². The maximum absolute atomic E-state index is 5.61. The molecular formula is C18H21N5O. The number of fused-ring (bicyclic) bond motifs is 1. The summed E-state index contributed by atoms with van der Waals surface area (Å²) in [4.78, 5) is 20.1. The molecule has 124 valence electrons. The molecule has 1 atom stereocenters. The van der Waals surface area contributed by atoms with Crippen LogP contribution in [0.1, 0.15) is 30.1 Å². The molecular weight excluding hydrogens is 302 g/mol. The third kappa shape index (κ3) is 2.96. The quantitative estimate of drug-likeness (QED) is 0.738. The van der Waals surface area contributed by atoms with E-state index >= 15 is 0 Å². The van der Waals surface area contributed by atoms with E-state index in [1.165, 1.54) is 12.0 Å². The van der Waals surface area contributed by atoms with E-state index in [0.29, 0.717) is 17.5 Å². The van der Waals surface area contributed by atoms with Crippen LogP contribution in [0.3, 0.4) is 0 Å². The molecule has 6 heteroatoms. The normalized spacial score (nSPS) is 18.2. The molecule has 0 aromatic carbocycles. The number of hydrogen-bond donors (Lipinski definition) is 0. The van der Waals surface area contributed by atoms with Crippen molar-refractivity contribution < 1.29 is 4.42 Å². The fourth-order valence-corrected chi connectivity index (χ4v) is 3.51. The highest BCUT2D eigenvalue weighted by molar-refractivity contribution is 5.82. The molecule has 0 bridgehead atoms. The van der Waals surface area contributed by atoms with Gasteiger partial charge >= 0.3 is 0 Å². The maximum Gasteiger partial charge on any atom is 0.252 e. The summed E-state index contributed by atoms with van der Waals surface area (Å²) in [5.41, 5.74) is 2.66. The van der Waals surface area contributed by atoms with Crippen LogP contribution in [0.15, 0.2) is 28.9 Å². The van der Waals surface area contributed by atoms with Gasteiger partial charge in [0, 0.05) is 32.4 Å². The number of aromatic nitrogens is 4. The number of nitrogens with zero attached hydrogens (tertiary/aromatic N) is 5. The zero-order valence-electron chi connectivity index (χ0n) is 14.1. The van der Waals surface area contributed by atoms with Crippen LogP contribution in [0, 0.1) is 19.8 Å². The molecule has 1 aliphatic rings. The Morgan fingerprint density at radius 3 is 3.00 bits per heavy atom. The Bertz CT molecular complexity index is 845. The molecule has 1 fully saturated rings. The van der Waals surface area contributed by atoms with Gasteiger partial charge in [-0.15, -0.1) is 0 Å². The first-order chi connectivity index (χ1) is 11.7. The number of piperidine rings is 1. The zero-order chi connectivity index (χ0) is 16.5. The Labute approximate surface area is 141 Å². The van der Waals surface area contributed by atoms with E-state index in [1.54, 1.807) is 0 Å². The van der Waals surface area contributed by atoms with Crippen molar-refractivity contribution in [1.82, 2.24) is 19.9 Å². The predicted molar refractivity (Wildman–Crippen MR) is 92.0 cm³/mol. The van der Waals surface area contributed by atoms with Crippen LogP contribution in [-0.2, 0) is 6.42 Å². The predicted octanol–water partition coefficient (Wildman–Crippen LogP) is 3.09. The molecule has 1 aliphatic heterocycles. The Morgan fingerprint density at radius 1 is 1.25 bits per heavy atom. The van der Waals surface area contributed by atoms with Crippen molar-refractivity contribution in [1.29, 1.82) is 0 Å². The van der Waals surface area contributed by atoms with Crippen molar-refractivity contribution in [2.75, 3.05) is 18.0 Å². The third-order valence-electron chi connectivity index (χ3n) is 4.52. The number of oxazole rings is 1. The summed E-state index contributed by atoms with van der Waals surface area (Å²) < 4.78 is 5.61. The van der Waals surface area contributed by atoms with Crippen LogP contribution in [-0.4, -0.2) is 33.0 Å². The lowest BCUT2D eigenvalue weighted by Crippen LogP contribution is -2.37. The van der Waals surface area contributed by atoms with E-state index in [0.717, 1.165) is 43.1 Å². The summed E-state index contributed by atoms with van der Waals surface area (Å²) in [5.74, 6) is 2.87. The minimum Gasteiger partial charge on any atom is -0.422 e. The lowest BCUT2D eigenvalue weighted by Gasteiger charge is -2.33. The zero-order valence-corrected chi connectivity index (χ0v) is 14.1. The highest BCUT2D eigenvalue weighted by atomic mass is 16.4. The number of rotatable bonds is 3. The highest BCUT2D eigenvalue weighted by Gasteiger charge is 2.24. The van der Waals surface area contributed by atoms with Gasteiger partial charge in [-0.3, -0.25) is 4.98 Å². The molecule has 3 aromatic heterocycles. The molecule has 0 amide bonds. The minimum absolute atomic E-state index is 0.587. The van der Waals surface area contributed by atoms with Crippen molar-refractivity contribution in [3.8, 4) is 0 Å². The summed E-state index contributed by atoms with van der Waals surface area (Å²) >= 11 is 0. The van der Waals surface area contributed by atoms with Crippen LogP contribution >= 0.6 is 0 Å². The standard InChI is InChI=1S/C18H21N5O/c1-12-20-17(16-18(21-12)24-13(2)22-16)23-8-4-6-15(11-23)9-14-5-3-7-19-10-14/h3,5,7,10,15H,4,6,8-9,11H2,1-2H3. The number of hydrogen-bond acceptors (Lipinski definition) is 6. The summed E-state index contributed by atoms with van der Waals surface area (Å²) in [6.07, 6.45) is 7.23. The molecule has 0 saturated carbocycles. The summed E-state index contributed by atoms with van der Waals surface area (Å²) in [6.45, 7) is 5.73. The first kappa shape index (κ1) is 15.1. The topological polar surface area (TPSA) is 67.9 Å². The van der Waals surface area contributed by atoms with Gasteiger partial charge in [0.15, 0.2) is 17.2 Å². The lowest BCUT2D eigenvalue weighted by atomic mass is 9.92. The number of pyridine rings is 1. The molecule has 0 N–H and O–H groups in total. The molecule has 0 radical (unpaired) electrons. The van der Waals surface area contributed by atoms with Gasteiger partial charge in [0.1, 0.15) is 5.82 Å². The summed E-state index contributed by atoms with van der Waals surface area (Å²) in [6, 6.07) is 4.16. The van der Waals surface area contributed by atoms with Gasteiger partial charge in [-0.1, -0.05) is 6.07 Å². The van der Waals surface area contributed by atoms with Crippen LogP contribution < -0.4 is 4.90 Å². The summed E-state index contributed by atoms with van der Waals surface area (Å²) in [7, 11) is 0. The summed E-state index contributed by atoms with van der Waals surface area (Å²) in [5, 5.41) is 0. The van der Waals surface area contributed by atoms with E-state index in [4.69, 9.17) is 4.42 Å². The minimum atomic E-state index is 0.587. The van der Waals surface area contributed by atoms with Crippen molar-refractivity contribution in [2.24, 2.45) is 5.92 Å². The van der Waals surface area contributed by atoms with Gasteiger partial charge in [0.25, 0.3) is 5.71 Å². The lowest BCUT2D eigenvalue weighted by molar-refractivity contribution is 0.411. The Balaban J connectivity index is 1.60. The number of anilines is 1. The monoisotopic (exact) mass is 323 g/mol. The first-order valence-corrected chi connectivity index (χ1v) is 8.44. The Hall–Kier alpha value is -2.50. The second-order valence-corrected chi connectivity index (χ2v) is 6.50. The first-order valence-electron chi connectivity index (χ1n) is 8.44.